The fraction of sp³-hybridized carbons (Fsp3) is 0. The zero-order chi connectivity index (χ0) is 12.3. The lowest BCUT2D eigenvalue weighted by Crippen LogP contribution is -2.12. The third kappa shape index (κ3) is 2.44. The molecule has 0 unspecified atom stereocenters. The molecule has 6 heteroatoms. The zero-order valence-electron chi connectivity index (χ0n) is 8.57. The van der Waals surface area contributed by atoms with Gasteiger partial charge in [0, 0.05) is 6.20 Å². The van der Waals surface area contributed by atoms with Crippen LogP contribution < -0.4 is 5.32 Å². The van der Waals surface area contributed by atoms with Crippen LogP contribution in [0.5, 0.6) is 0 Å². The number of nitrogens with one attached hydrogen (secondary N) is 2. The minimum atomic E-state index is -0.339. The van der Waals surface area contributed by atoms with E-state index in [0.717, 1.165) is 0 Å². The molecule has 2 aromatic rings. The van der Waals surface area contributed by atoms with Crippen LogP contribution in [0.15, 0.2) is 30.5 Å². The van der Waals surface area contributed by atoms with Gasteiger partial charge in [-0.2, -0.15) is 10.4 Å². The number of aromatic nitrogens is 2. The molecule has 0 aliphatic carbocycles. The van der Waals surface area contributed by atoms with Crippen LogP contribution in [0.4, 0.5) is 5.69 Å². The Bertz CT molecular complexity index is 586. The summed E-state index contributed by atoms with van der Waals surface area (Å²) >= 11 is 5.92. The molecule has 17 heavy (non-hydrogen) atoms. The van der Waals surface area contributed by atoms with Crippen LogP contribution in [0.2, 0.25) is 5.02 Å². The van der Waals surface area contributed by atoms with E-state index in [4.69, 9.17) is 16.9 Å². The summed E-state index contributed by atoms with van der Waals surface area (Å²) in [7, 11) is 0. The summed E-state index contributed by atoms with van der Waals surface area (Å²) in [6.07, 6.45) is 1.48. The van der Waals surface area contributed by atoms with E-state index in [1.54, 1.807) is 18.2 Å². The highest BCUT2D eigenvalue weighted by molar-refractivity contribution is 6.34. The third-order valence-corrected chi connectivity index (χ3v) is 2.40. The summed E-state index contributed by atoms with van der Waals surface area (Å²) in [5.41, 5.74) is 1.23. The summed E-state index contributed by atoms with van der Waals surface area (Å²) < 4.78 is 0. The van der Waals surface area contributed by atoms with Crippen LogP contribution in [0.25, 0.3) is 0 Å². The molecule has 0 atom stereocenters. The van der Waals surface area contributed by atoms with Gasteiger partial charge in [-0.1, -0.05) is 11.6 Å². The van der Waals surface area contributed by atoms with E-state index in [9.17, 15) is 4.79 Å². The maximum absolute atomic E-state index is 11.7. The normalized spacial score (nSPS) is 9.65. The monoisotopic (exact) mass is 246 g/mol. The van der Waals surface area contributed by atoms with Crippen LogP contribution in [0.3, 0.4) is 0 Å². The Kier molecular flexibility index (Phi) is 3.08. The average Bonchev–Trinajstić information content (AvgIpc) is 2.85. The Morgan fingerprint density at radius 3 is 2.88 bits per heavy atom. The first-order valence-corrected chi connectivity index (χ1v) is 5.09. The Morgan fingerprint density at radius 1 is 1.47 bits per heavy atom. The molecule has 0 bridgehead atoms. The van der Waals surface area contributed by atoms with Crippen molar-refractivity contribution in [2.24, 2.45) is 0 Å². The number of nitriles is 1. The highest BCUT2D eigenvalue weighted by Crippen LogP contribution is 2.23. The van der Waals surface area contributed by atoms with Crippen LogP contribution in [0, 0.1) is 11.3 Å². The van der Waals surface area contributed by atoms with Gasteiger partial charge in [-0.25, -0.2) is 0 Å². The SMILES string of the molecule is N#Cc1ccc(NC(=O)c2ccn[nH]2)c(Cl)c1. The van der Waals surface area contributed by atoms with Crippen LogP contribution in [-0.4, -0.2) is 16.1 Å². The van der Waals surface area contributed by atoms with Crippen molar-refractivity contribution < 1.29 is 4.79 Å². The van der Waals surface area contributed by atoms with Crippen molar-refractivity contribution in [3.63, 3.8) is 0 Å². The molecule has 1 aromatic carbocycles. The van der Waals surface area contributed by atoms with Gasteiger partial charge >= 0.3 is 0 Å². The molecule has 5 nitrogen and oxygen atoms in total. The molecule has 2 N–H and O–H groups in total. The highest BCUT2D eigenvalue weighted by atomic mass is 35.5. The molecule has 0 spiro atoms. The summed E-state index contributed by atoms with van der Waals surface area (Å²) in [6, 6.07) is 8.16. The molecule has 84 valence electrons. The highest BCUT2D eigenvalue weighted by Gasteiger charge is 2.09. The van der Waals surface area contributed by atoms with Crippen molar-refractivity contribution >= 4 is 23.2 Å². The van der Waals surface area contributed by atoms with Gasteiger partial charge in [0.2, 0.25) is 0 Å². The minimum absolute atomic E-state index is 0.317. The lowest BCUT2D eigenvalue weighted by atomic mass is 10.2. The van der Waals surface area contributed by atoms with Crippen molar-refractivity contribution in [1.29, 1.82) is 5.26 Å². The lowest BCUT2D eigenvalue weighted by Gasteiger charge is -2.05. The standard InChI is InChI=1S/C11H7ClN4O/c12-8-5-7(6-13)1-2-9(8)15-11(17)10-3-4-14-16-10/h1-5H,(H,14,16)(H,15,17). The number of rotatable bonds is 2. The quantitative estimate of drug-likeness (QED) is 0.852. The molecule has 2 rings (SSSR count). The van der Waals surface area contributed by atoms with Crippen molar-refractivity contribution in [3.8, 4) is 6.07 Å². The number of halogens is 1. The van der Waals surface area contributed by atoms with Gasteiger partial charge in [0.25, 0.3) is 5.91 Å². The molecule has 1 amide bonds. The molecular formula is C11H7ClN4O. The molecule has 1 aromatic heterocycles. The second kappa shape index (κ2) is 4.68. The summed E-state index contributed by atoms with van der Waals surface area (Å²) in [6.45, 7) is 0. The molecule has 0 aliphatic rings. The molecule has 0 aliphatic heterocycles. The second-order valence-corrected chi connectivity index (χ2v) is 3.64. The zero-order valence-corrected chi connectivity index (χ0v) is 9.32. The number of amides is 1. The van der Waals surface area contributed by atoms with E-state index < -0.39 is 0 Å². The van der Waals surface area contributed by atoms with Gasteiger partial charge in [0.05, 0.1) is 22.3 Å². The van der Waals surface area contributed by atoms with Crippen molar-refractivity contribution in [2.45, 2.75) is 0 Å². The number of nitrogens with zero attached hydrogens (tertiary/aromatic N) is 2. The van der Waals surface area contributed by atoms with Crippen LogP contribution >= 0.6 is 11.6 Å². The first-order valence-electron chi connectivity index (χ1n) is 4.71. The van der Waals surface area contributed by atoms with Gasteiger partial charge in [-0.05, 0) is 24.3 Å². The third-order valence-electron chi connectivity index (χ3n) is 2.09. The molecular weight excluding hydrogens is 240 g/mol. The van der Waals surface area contributed by atoms with E-state index in [-0.39, 0.29) is 5.91 Å². The molecule has 0 fully saturated rings. The van der Waals surface area contributed by atoms with Gasteiger partial charge < -0.3 is 5.32 Å². The topological polar surface area (TPSA) is 81.6 Å². The first kappa shape index (κ1) is 11.2. The molecule has 0 saturated carbocycles. The molecule has 0 saturated heterocycles. The number of anilines is 1. The van der Waals surface area contributed by atoms with E-state index >= 15 is 0 Å². The maximum atomic E-state index is 11.7. The van der Waals surface area contributed by atoms with E-state index in [1.165, 1.54) is 12.3 Å². The number of hydrogen-bond acceptors (Lipinski definition) is 3. The van der Waals surface area contributed by atoms with Crippen molar-refractivity contribution in [2.75, 3.05) is 5.32 Å². The largest absolute Gasteiger partial charge is 0.319 e. The van der Waals surface area contributed by atoms with E-state index in [2.05, 4.69) is 15.5 Å². The van der Waals surface area contributed by atoms with Gasteiger partial charge in [-0.15, -0.1) is 0 Å². The molecule has 0 radical (unpaired) electrons. The number of benzene rings is 1. The van der Waals surface area contributed by atoms with Gasteiger partial charge in [-0.3, -0.25) is 9.89 Å². The lowest BCUT2D eigenvalue weighted by molar-refractivity contribution is 0.102. The Hall–Kier alpha value is -2.32. The van der Waals surface area contributed by atoms with Crippen molar-refractivity contribution in [1.82, 2.24) is 10.2 Å². The Labute approximate surface area is 102 Å². The number of carbonyl (C=O) groups is 1. The van der Waals surface area contributed by atoms with E-state index in [0.29, 0.717) is 22.0 Å². The fourth-order valence-electron chi connectivity index (χ4n) is 1.26. The average molecular weight is 247 g/mol. The first-order chi connectivity index (χ1) is 8.20. The Morgan fingerprint density at radius 2 is 2.29 bits per heavy atom. The predicted octanol–water partition coefficient (Wildman–Crippen LogP) is 2.19. The van der Waals surface area contributed by atoms with Crippen LogP contribution in [0.1, 0.15) is 16.1 Å². The van der Waals surface area contributed by atoms with Crippen molar-refractivity contribution in [3.05, 3.63) is 46.7 Å². The fourth-order valence-corrected chi connectivity index (χ4v) is 1.49. The number of aromatic amines is 1. The molecule has 1 heterocycles. The summed E-state index contributed by atoms with van der Waals surface area (Å²) in [5, 5.41) is 17.8. The van der Waals surface area contributed by atoms with E-state index in [1.807, 2.05) is 6.07 Å². The smallest absolute Gasteiger partial charge is 0.273 e. The Balaban J connectivity index is 2.20. The summed E-state index contributed by atoms with van der Waals surface area (Å²) in [4.78, 5) is 11.7. The number of carbonyl (C=O) groups excluding carboxylic acids is 1. The van der Waals surface area contributed by atoms with Crippen LogP contribution in [-0.2, 0) is 0 Å². The maximum Gasteiger partial charge on any atom is 0.273 e. The number of H-pyrrole nitrogens is 1. The summed E-state index contributed by atoms with van der Waals surface area (Å²) in [5.74, 6) is -0.339. The predicted molar refractivity (Wildman–Crippen MR) is 62.7 cm³/mol. The second-order valence-electron chi connectivity index (χ2n) is 3.23. The van der Waals surface area contributed by atoms with Gasteiger partial charge in [0.1, 0.15) is 5.69 Å². The van der Waals surface area contributed by atoms with Gasteiger partial charge in [0.15, 0.2) is 0 Å². The number of hydrogen-bond donors (Lipinski definition) is 2. The minimum Gasteiger partial charge on any atom is -0.319 e.